The number of rotatable bonds is 1. The lowest BCUT2D eigenvalue weighted by molar-refractivity contribution is -0.258. The molecule has 112 valence electrons. The van der Waals surface area contributed by atoms with Gasteiger partial charge in [-0.1, -0.05) is 35.0 Å². The number of fused-ring (bicyclic) bond motifs is 2. The van der Waals surface area contributed by atoms with Gasteiger partial charge in [-0.2, -0.15) is 0 Å². The summed E-state index contributed by atoms with van der Waals surface area (Å²) in [7, 11) is 1.79. The number of alkyl halides is 1. The number of hydrogen-bond donors (Lipinski definition) is 0. The second-order valence-corrected chi connectivity index (χ2v) is 7.86. The normalized spacial score (nSPS) is 57.2. The van der Waals surface area contributed by atoms with Crippen LogP contribution in [0.25, 0.3) is 0 Å². The molecule has 0 amide bonds. The van der Waals surface area contributed by atoms with Crippen molar-refractivity contribution in [1.29, 1.82) is 0 Å². The van der Waals surface area contributed by atoms with Crippen LogP contribution in [-0.4, -0.2) is 36.5 Å². The summed E-state index contributed by atoms with van der Waals surface area (Å²) < 4.78 is 18.6. The molecule has 9 atom stereocenters. The van der Waals surface area contributed by atoms with Crippen LogP contribution in [0.5, 0.6) is 0 Å². The van der Waals surface area contributed by atoms with Crippen LogP contribution < -0.4 is 0 Å². The summed E-state index contributed by atoms with van der Waals surface area (Å²) in [6, 6.07) is 0. The Bertz CT molecular complexity index is 413. The third-order valence-corrected chi connectivity index (χ3v) is 7.17. The second-order valence-electron chi connectivity index (χ2n) is 6.80. The highest BCUT2D eigenvalue weighted by atomic mass is 79.9. The molecule has 20 heavy (non-hydrogen) atoms. The van der Waals surface area contributed by atoms with E-state index in [9.17, 15) is 0 Å². The molecule has 0 N–H and O–H groups in total. The fraction of sp³-hybridized carbons (Fsp3) is 0.875. The maximum absolute atomic E-state index is 6.49. The second kappa shape index (κ2) is 5.08. The van der Waals surface area contributed by atoms with Crippen molar-refractivity contribution in [2.45, 2.75) is 55.6 Å². The van der Waals surface area contributed by atoms with Gasteiger partial charge in [0.25, 0.3) is 0 Å². The highest BCUT2D eigenvalue weighted by Crippen LogP contribution is 2.58. The highest BCUT2D eigenvalue weighted by molar-refractivity contribution is 9.09. The summed E-state index contributed by atoms with van der Waals surface area (Å²) in [5.41, 5.74) is 0. The first-order valence-electron chi connectivity index (χ1n) is 7.83. The minimum atomic E-state index is -0.0644. The number of ether oxygens (including phenoxy) is 3. The lowest BCUT2D eigenvalue weighted by atomic mass is 9.77. The van der Waals surface area contributed by atoms with E-state index in [2.05, 4.69) is 35.0 Å². The summed E-state index contributed by atoms with van der Waals surface area (Å²) in [6.07, 6.45) is 8.22. The number of hydrogen-bond acceptors (Lipinski definition) is 3. The van der Waals surface area contributed by atoms with Gasteiger partial charge in [0.15, 0.2) is 6.29 Å². The molecule has 3 nitrogen and oxygen atoms in total. The molecule has 1 heterocycles. The van der Waals surface area contributed by atoms with E-state index < -0.39 is 0 Å². The molecule has 1 aliphatic heterocycles. The highest BCUT2D eigenvalue weighted by Gasteiger charge is 2.60. The molecule has 3 fully saturated rings. The van der Waals surface area contributed by atoms with Crippen molar-refractivity contribution in [3.63, 3.8) is 0 Å². The molecule has 4 aliphatic rings. The van der Waals surface area contributed by atoms with Gasteiger partial charge in [-0.15, -0.1) is 0 Å². The molecule has 3 aliphatic carbocycles. The van der Waals surface area contributed by atoms with E-state index in [1.165, 1.54) is 6.42 Å². The summed E-state index contributed by atoms with van der Waals surface area (Å²) in [5.74, 6) is 2.41. The Morgan fingerprint density at radius 3 is 2.45 bits per heavy atom. The average Bonchev–Trinajstić information content (AvgIpc) is 2.92. The lowest BCUT2D eigenvalue weighted by Crippen LogP contribution is -2.53. The molecule has 0 aromatic carbocycles. The maximum atomic E-state index is 6.49. The number of halogens is 1. The van der Waals surface area contributed by atoms with E-state index >= 15 is 0 Å². The molecule has 0 aromatic heterocycles. The Morgan fingerprint density at radius 2 is 1.80 bits per heavy atom. The molecule has 0 aromatic rings. The SMILES string of the molecule is CO[C@@H]1O[C@@H]2CC=CC[C@@H]2O[C@H]2[C@H](Br)[C@@H]3C[C@H]2[C@H]1[C@H]3C. The Kier molecular flexibility index (Phi) is 3.49. The minimum absolute atomic E-state index is 0.0644. The predicted octanol–water partition coefficient (Wildman–Crippen LogP) is 3.13. The fourth-order valence-corrected chi connectivity index (χ4v) is 6.18. The molecule has 2 saturated carbocycles. The Balaban J connectivity index is 1.67. The molecule has 1 saturated heterocycles. The van der Waals surface area contributed by atoms with Gasteiger partial charge in [-0.25, -0.2) is 0 Å². The van der Waals surface area contributed by atoms with Crippen molar-refractivity contribution in [3.05, 3.63) is 12.2 Å². The smallest absolute Gasteiger partial charge is 0.161 e. The molecule has 0 radical (unpaired) electrons. The van der Waals surface area contributed by atoms with Crippen LogP contribution in [0.15, 0.2) is 12.2 Å². The van der Waals surface area contributed by atoms with Gasteiger partial charge in [0, 0.05) is 17.9 Å². The summed E-state index contributed by atoms with van der Waals surface area (Å²) in [6.45, 7) is 2.36. The first-order valence-corrected chi connectivity index (χ1v) is 8.75. The quantitative estimate of drug-likeness (QED) is 0.541. The monoisotopic (exact) mass is 342 g/mol. The summed E-state index contributed by atoms with van der Waals surface area (Å²) in [5, 5.41) is 0. The van der Waals surface area contributed by atoms with Gasteiger partial charge in [-0.05, 0) is 37.0 Å². The van der Waals surface area contributed by atoms with Crippen molar-refractivity contribution in [1.82, 2.24) is 0 Å². The van der Waals surface area contributed by atoms with Gasteiger partial charge < -0.3 is 14.2 Å². The molecular weight excluding hydrogens is 320 g/mol. The average molecular weight is 343 g/mol. The Morgan fingerprint density at radius 1 is 1.10 bits per heavy atom. The zero-order chi connectivity index (χ0) is 13.9. The van der Waals surface area contributed by atoms with Crippen LogP contribution in [0.4, 0.5) is 0 Å². The largest absolute Gasteiger partial charge is 0.370 e. The third-order valence-electron chi connectivity index (χ3n) is 5.97. The zero-order valence-electron chi connectivity index (χ0n) is 12.1. The maximum Gasteiger partial charge on any atom is 0.161 e. The lowest BCUT2D eigenvalue weighted by Gasteiger charge is -2.46. The molecule has 4 heteroatoms. The van der Waals surface area contributed by atoms with E-state index in [1.807, 2.05) is 0 Å². The topological polar surface area (TPSA) is 27.7 Å². The van der Waals surface area contributed by atoms with Crippen LogP contribution in [0.3, 0.4) is 0 Å². The van der Waals surface area contributed by atoms with Crippen LogP contribution in [-0.2, 0) is 14.2 Å². The van der Waals surface area contributed by atoms with Crippen molar-refractivity contribution >= 4 is 15.9 Å². The van der Waals surface area contributed by atoms with Gasteiger partial charge >= 0.3 is 0 Å². The van der Waals surface area contributed by atoms with Crippen molar-refractivity contribution in [2.75, 3.05) is 7.11 Å². The van der Waals surface area contributed by atoms with Crippen LogP contribution in [0, 0.1) is 23.7 Å². The fourth-order valence-electron chi connectivity index (χ4n) is 4.97. The molecule has 4 rings (SSSR count). The molecule has 0 unspecified atom stereocenters. The molecule has 0 spiro atoms. The van der Waals surface area contributed by atoms with Gasteiger partial charge in [0.05, 0.1) is 18.3 Å². The van der Waals surface area contributed by atoms with E-state index in [-0.39, 0.29) is 18.5 Å². The summed E-state index contributed by atoms with van der Waals surface area (Å²) >= 11 is 3.92. The van der Waals surface area contributed by atoms with Crippen molar-refractivity contribution in [3.8, 4) is 0 Å². The molecular formula is C16H23BrO3. The number of methoxy groups -OCH3 is 1. The first-order chi connectivity index (χ1) is 9.70. The first kappa shape index (κ1) is 13.7. The predicted molar refractivity (Wildman–Crippen MR) is 79.7 cm³/mol. The van der Waals surface area contributed by atoms with Gasteiger partial charge in [0.2, 0.25) is 0 Å². The Labute approximate surface area is 129 Å². The third kappa shape index (κ3) is 1.88. The van der Waals surface area contributed by atoms with E-state index in [1.54, 1.807) is 7.11 Å². The van der Waals surface area contributed by atoms with Crippen LogP contribution in [0.1, 0.15) is 26.2 Å². The standard InChI is InChI=1S/C16H23BrO3/c1-8-9-7-10-13(8)16(18-2)20-12-6-4-3-5-11(12)19-15(10)14(9)17/h3-4,8-16H,5-7H2,1-2H3/t8-,9+,10-,11-,12+,13+,14+,15+,16+/m0/s1. The van der Waals surface area contributed by atoms with E-state index in [0.717, 1.165) is 12.8 Å². The van der Waals surface area contributed by atoms with Crippen LogP contribution in [0.2, 0.25) is 0 Å². The van der Waals surface area contributed by atoms with E-state index in [0.29, 0.717) is 34.6 Å². The summed E-state index contributed by atoms with van der Waals surface area (Å²) in [4.78, 5) is 0.501. The Hall–Kier alpha value is 0.100. The van der Waals surface area contributed by atoms with Crippen molar-refractivity contribution < 1.29 is 14.2 Å². The van der Waals surface area contributed by atoms with Crippen molar-refractivity contribution in [2.24, 2.45) is 23.7 Å². The van der Waals surface area contributed by atoms with E-state index in [4.69, 9.17) is 14.2 Å². The minimum Gasteiger partial charge on any atom is -0.370 e. The molecule has 2 bridgehead atoms. The van der Waals surface area contributed by atoms with Crippen LogP contribution >= 0.6 is 15.9 Å². The van der Waals surface area contributed by atoms with Gasteiger partial charge in [0.1, 0.15) is 0 Å². The zero-order valence-corrected chi connectivity index (χ0v) is 13.7. The van der Waals surface area contributed by atoms with Gasteiger partial charge in [-0.3, -0.25) is 0 Å².